The second kappa shape index (κ2) is 6.58. The molecule has 22 heavy (non-hydrogen) atoms. The van der Waals surface area contributed by atoms with E-state index >= 15 is 0 Å². The van der Waals surface area contributed by atoms with E-state index in [2.05, 4.69) is 5.32 Å². The van der Waals surface area contributed by atoms with Crippen molar-refractivity contribution >= 4 is 24.0 Å². The average Bonchev–Trinajstić information content (AvgIpc) is 2.77. The molecule has 2 aliphatic heterocycles. The Labute approximate surface area is 133 Å². The summed E-state index contributed by atoms with van der Waals surface area (Å²) in [4.78, 5) is 24.5. The van der Waals surface area contributed by atoms with E-state index in [0.29, 0.717) is 19.1 Å². The van der Waals surface area contributed by atoms with Crippen molar-refractivity contribution in [2.24, 2.45) is 0 Å². The molecule has 1 aromatic rings. The highest BCUT2D eigenvalue weighted by molar-refractivity contribution is 5.98. The number of fused-ring (bicyclic) bond motifs is 2. The third-order valence-electron chi connectivity index (χ3n) is 4.20. The fourth-order valence-electron chi connectivity index (χ4n) is 3.14. The summed E-state index contributed by atoms with van der Waals surface area (Å²) >= 11 is 0. The van der Waals surface area contributed by atoms with Crippen molar-refractivity contribution in [2.45, 2.75) is 31.3 Å². The number of hydrogen-bond acceptors (Lipinski definition) is 4. The summed E-state index contributed by atoms with van der Waals surface area (Å²) in [6.07, 6.45) is 2.93. The smallest absolute Gasteiger partial charge is 0.282 e. The molecule has 2 aliphatic rings. The molecule has 0 radical (unpaired) electrons. The quantitative estimate of drug-likeness (QED) is 0.666. The Bertz CT molecular complexity index is 599. The fraction of sp³-hybridized carbons (Fsp3) is 0.500. The van der Waals surface area contributed by atoms with Gasteiger partial charge in [0.2, 0.25) is 0 Å². The number of nitrogens with one attached hydrogen (secondary N) is 1. The number of halogens is 2. The summed E-state index contributed by atoms with van der Waals surface area (Å²) in [6.45, 7) is 1.06. The lowest BCUT2D eigenvalue weighted by Gasteiger charge is -2.24. The maximum Gasteiger partial charge on any atom is 0.282 e. The van der Waals surface area contributed by atoms with Gasteiger partial charge in [0.1, 0.15) is 11.4 Å². The molecule has 2 fully saturated rings. The van der Waals surface area contributed by atoms with Crippen molar-refractivity contribution in [3.8, 4) is 0 Å². The normalized spacial score (nSPS) is 23.6. The van der Waals surface area contributed by atoms with E-state index in [9.17, 15) is 19.3 Å². The first-order valence-corrected chi connectivity index (χ1v) is 7.04. The molecule has 1 N–H and O–H groups in total. The molecule has 2 atom stereocenters. The Morgan fingerprint density at radius 2 is 2.05 bits per heavy atom. The lowest BCUT2D eigenvalue weighted by Crippen LogP contribution is -2.39. The van der Waals surface area contributed by atoms with Crippen LogP contribution in [0.3, 0.4) is 0 Å². The van der Waals surface area contributed by atoms with Gasteiger partial charge in [0.05, 0.1) is 4.92 Å². The number of carbonyl (C=O) groups is 1. The van der Waals surface area contributed by atoms with E-state index in [-0.39, 0.29) is 29.7 Å². The first kappa shape index (κ1) is 16.6. The molecule has 3 rings (SSSR count). The fourth-order valence-corrected chi connectivity index (χ4v) is 3.14. The molecule has 0 spiro atoms. The summed E-state index contributed by atoms with van der Waals surface area (Å²) in [5.74, 6) is -1.10. The summed E-state index contributed by atoms with van der Waals surface area (Å²) in [5.41, 5.74) is -0.512. The van der Waals surface area contributed by atoms with Crippen LogP contribution in [0.2, 0.25) is 0 Å². The summed E-state index contributed by atoms with van der Waals surface area (Å²) in [6, 6.07) is 3.65. The van der Waals surface area contributed by atoms with Crippen molar-refractivity contribution in [3.63, 3.8) is 0 Å². The lowest BCUT2D eigenvalue weighted by atomic mass is 10.1. The molecule has 8 heteroatoms. The van der Waals surface area contributed by atoms with E-state index in [1.54, 1.807) is 4.90 Å². The van der Waals surface area contributed by atoms with E-state index in [1.165, 1.54) is 0 Å². The van der Waals surface area contributed by atoms with Crippen LogP contribution in [0.5, 0.6) is 0 Å². The monoisotopic (exact) mass is 329 g/mol. The largest absolute Gasteiger partial charge is 0.337 e. The number of nitrogens with zero attached hydrogens (tertiary/aromatic N) is 2. The number of benzene rings is 1. The van der Waals surface area contributed by atoms with Gasteiger partial charge < -0.3 is 10.2 Å². The average molecular weight is 330 g/mol. The zero-order chi connectivity index (χ0) is 15.0. The Balaban J connectivity index is 0.00000176. The first-order valence-electron chi connectivity index (χ1n) is 7.04. The zero-order valence-electron chi connectivity index (χ0n) is 11.8. The third-order valence-corrected chi connectivity index (χ3v) is 4.20. The lowest BCUT2D eigenvalue weighted by molar-refractivity contribution is -0.385. The van der Waals surface area contributed by atoms with Crippen molar-refractivity contribution in [1.29, 1.82) is 0 Å². The number of amides is 1. The first-order chi connectivity index (χ1) is 10.0. The van der Waals surface area contributed by atoms with E-state index < -0.39 is 16.6 Å². The van der Waals surface area contributed by atoms with Gasteiger partial charge in [0.25, 0.3) is 11.6 Å². The zero-order valence-corrected chi connectivity index (χ0v) is 12.6. The molecule has 0 aromatic heterocycles. The van der Waals surface area contributed by atoms with Gasteiger partial charge in [0, 0.05) is 31.2 Å². The predicted octanol–water partition coefficient (Wildman–Crippen LogP) is 2.12. The van der Waals surface area contributed by atoms with Crippen LogP contribution in [0.4, 0.5) is 10.1 Å². The molecular formula is C14H17ClFN3O3. The number of rotatable bonds is 2. The SMILES string of the molecule is Cl.O=C(c1cc(F)ccc1[N+](=O)[O-])N1CCC2CCC(C1)N2. The maximum absolute atomic E-state index is 13.4. The molecule has 2 unspecified atom stereocenters. The molecule has 1 amide bonds. The van der Waals surface area contributed by atoms with Crippen LogP contribution in [0.15, 0.2) is 18.2 Å². The van der Waals surface area contributed by atoms with Crippen LogP contribution in [0.25, 0.3) is 0 Å². The maximum atomic E-state index is 13.4. The van der Waals surface area contributed by atoms with Crippen molar-refractivity contribution < 1.29 is 14.1 Å². The minimum Gasteiger partial charge on any atom is -0.337 e. The molecule has 2 saturated heterocycles. The highest BCUT2D eigenvalue weighted by atomic mass is 35.5. The van der Waals surface area contributed by atoms with Gasteiger partial charge in [-0.2, -0.15) is 0 Å². The molecule has 120 valence electrons. The Morgan fingerprint density at radius 1 is 1.32 bits per heavy atom. The molecule has 2 bridgehead atoms. The highest BCUT2D eigenvalue weighted by Gasteiger charge is 2.33. The number of likely N-dealkylation sites (tertiary alicyclic amines) is 1. The summed E-state index contributed by atoms with van der Waals surface area (Å²) < 4.78 is 13.4. The van der Waals surface area contributed by atoms with Gasteiger partial charge in [0.15, 0.2) is 0 Å². The van der Waals surface area contributed by atoms with Crippen LogP contribution in [0.1, 0.15) is 29.6 Å². The predicted molar refractivity (Wildman–Crippen MR) is 80.8 cm³/mol. The molecule has 1 aromatic carbocycles. The minimum absolute atomic E-state index is 0. The molecule has 2 heterocycles. The molecule has 6 nitrogen and oxygen atoms in total. The third kappa shape index (κ3) is 3.20. The van der Waals surface area contributed by atoms with E-state index in [4.69, 9.17) is 0 Å². The molecule has 0 aliphatic carbocycles. The van der Waals surface area contributed by atoms with Crippen molar-refractivity contribution in [1.82, 2.24) is 10.2 Å². The van der Waals surface area contributed by atoms with Gasteiger partial charge in [-0.1, -0.05) is 0 Å². The Hall–Kier alpha value is -1.73. The molecular weight excluding hydrogens is 313 g/mol. The highest BCUT2D eigenvalue weighted by Crippen LogP contribution is 2.25. The number of nitro groups is 1. The van der Waals surface area contributed by atoms with Crippen LogP contribution in [-0.4, -0.2) is 40.9 Å². The van der Waals surface area contributed by atoms with Gasteiger partial charge >= 0.3 is 0 Å². The van der Waals surface area contributed by atoms with Crippen LogP contribution < -0.4 is 5.32 Å². The van der Waals surface area contributed by atoms with Gasteiger partial charge in [-0.3, -0.25) is 14.9 Å². The van der Waals surface area contributed by atoms with E-state index in [1.807, 2.05) is 0 Å². The number of carbonyl (C=O) groups excluding carboxylic acids is 1. The van der Waals surface area contributed by atoms with Crippen LogP contribution >= 0.6 is 12.4 Å². The van der Waals surface area contributed by atoms with Crippen molar-refractivity contribution in [3.05, 3.63) is 39.7 Å². The number of nitro benzene ring substituents is 1. The summed E-state index contributed by atoms with van der Waals surface area (Å²) in [7, 11) is 0. The van der Waals surface area contributed by atoms with Gasteiger partial charge in [-0.15, -0.1) is 12.4 Å². The topological polar surface area (TPSA) is 75.5 Å². The van der Waals surface area contributed by atoms with E-state index in [0.717, 1.165) is 37.5 Å². The summed E-state index contributed by atoms with van der Waals surface area (Å²) in [5, 5.41) is 14.5. The second-order valence-corrected chi connectivity index (χ2v) is 5.60. The van der Waals surface area contributed by atoms with Crippen LogP contribution in [0, 0.1) is 15.9 Å². The Morgan fingerprint density at radius 3 is 2.77 bits per heavy atom. The number of hydrogen-bond donors (Lipinski definition) is 1. The molecule has 0 saturated carbocycles. The van der Waals surface area contributed by atoms with Crippen molar-refractivity contribution in [2.75, 3.05) is 13.1 Å². The standard InChI is InChI=1S/C14H16FN3O3.ClH/c15-9-1-4-13(18(20)21)12(7-9)14(19)17-6-5-10-2-3-11(8-17)16-10;/h1,4,7,10-11,16H,2-3,5-6,8H2;1H. The second-order valence-electron chi connectivity index (χ2n) is 5.60. The van der Waals surface area contributed by atoms with Gasteiger partial charge in [-0.05, 0) is 31.4 Å². The minimum atomic E-state index is -0.644. The van der Waals surface area contributed by atoms with Crippen LogP contribution in [-0.2, 0) is 0 Å². The Kier molecular flexibility index (Phi) is 4.97. The van der Waals surface area contributed by atoms with Gasteiger partial charge in [-0.25, -0.2) is 4.39 Å².